The highest BCUT2D eigenvalue weighted by molar-refractivity contribution is 5.52. The Hall–Kier alpha value is -1.24. The fourth-order valence-electron chi connectivity index (χ4n) is 2.44. The van der Waals surface area contributed by atoms with Gasteiger partial charge in [0, 0.05) is 0 Å². The SMILES string of the molecule is C=Cc1ccc(O)c(C2CCCCC2)c1. The van der Waals surface area contributed by atoms with E-state index in [2.05, 4.69) is 12.6 Å². The van der Waals surface area contributed by atoms with E-state index in [1.165, 1.54) is 32.1 Å². The molecule has 1 aliphatic carbocycles. The van der Waals surface area contributed by atoms with Crippen LogP contribution in [0.2, 0.25) is 0 Å². The molecule has 0 heterocycles. The molecule has 1 fully saturated rings. The Kier molecular flexibility index (Phi) is 3.10. The van der Waals surface area contributed by atoms with Crippen LogP contribution >= 0.6 is 0 Å². The van der Waals surface area contributed by atoms with Gasteiger partial charge in [0.25, 0.3) is 0 Å². The molecule has 0 spiro atoms. The topological polar surface area (TPSA) is 20.2 Å². The highest BCUT2D eigenvalue weighted by Gasteiger charge is 2.18. The molecule has 1 heteroatoms. The summed E-state index contributed by atoms with van der Waals surface area (Å²) in [5.41, 5.74) is 2.22. The molecule has 15 heavy (non-hydrogen) atoms. The van der Waals surface area contributed by atoms with Gasteiger partial charge in [0.1, 0.15) is 5.75 Å². The van der Waals surface area contributed by atoms with Gasteiger partial charge in [-0.1, -0.05) is 38.0 Å². The average Bonchev–Trinajstić information content (AvgIpc) is 2.31. The van der Waals surface area contributed by atoms with E-state index in [0.29, 0.717) is 11.7 Å². The third kappa shape index (κ3) is 2.23. The summed E-state index contributed by atoms with van der Waals surface area (Å²) in [4.78, 5) is 0. The third-order valence-electron chi connectivity index (χ3n) is 3.33. The predicted octanol–water partition coefficient (Wildman–Crippen LogP) is 4.08. The lowest BCUT2D eigenvalue weighted by molar-refractivity contribution is 0.414. The van der Waals surface area contributed by atoms with Gasteiger partial charge in [-0.05, 0) is 42.0 Å². The molecular formula is C14H18O. The predicted molar refractivity (Wildman–Crippen MR) is 64.0 cm³/mol. The van der Waals surface area contributed by atoms with Gasteiger partial charge in [-0.15, -0.1) is 0 Å². The standard InChI is InChI=1S/C14H18O/c1-2-11-8-9-14(15)13(10-11)12-6-4-3-5-7-12/h2,8-10,12,15H,1,3-7H2. The number of phenols is 1. The van der Waals surface area contributed by atoms with Crippen molar-refractivity contribution in [1.29, 1.82) is 0 Å². The van der Waals surface area contributed by atoms with Crippen molar-refractivity contribution in [2.75, 3.05) is 0 Å². The molecule has 0 atom stereocenters. The van der Waals surface area contributed by atoms with E-state index in [1.807, 2.05) is 12.1 Å². The van der Waals surface area contributed by atoms with Crippen LogP contribution in [0.4, 0.5) is 0 Å². The molecule has 2 rings (SSSR count). The normalized spacial score (nSPS) is 17.6. The van der Waals surface area contributed by atoms with Gasteiger partial charge in [0.05, 0.1) is 0 Å². The van der Waals surface area contributed by atoms with Gasteiger partial charge in [-0.3, -0.25) is 0 Å². The van der Waals surface area contributed by atoms with Crippen molar-refractivity contribution in [2.24, 2.45) is 0 Å². The number of rotatable bonds is 2. The molecule has 0 amide bonds. The molecule has 1 saturated carbocycles. The quantitative estimate of drug-likeness (QED) is 0.766. The Morgan fingerprint density at radius 1 is 1.20 bits per heavy atom. The van der Waals surface area contributed by atoms with Crippen LogP contribution in [0.25, 0.3) is 6.08 Å². The molecule has 0 radical (unpaired) electrons. The molecular weight excluding hydrogens is 184 g/mol. The minimum absolute atomic E-state index is 0.451. The Bertz CT molecular complexity index is 348. The molecule has 0 aliphatic heterocycles. The Labute approximate surface area is 91.4 Å². The highest BCUT2D eigenvalue weighted by atomic mass is 16.3. The highest BCUT2D eigenvalue weighted by Crippen LogP contribution is 2.37. The lowest BCUT2D eigenvalue weighted by Gasteiger charge is -2.23. The lowest BCUT2D eigenvalue weighted by atomic mass is 9.83. The zero-order valence-corrected chi connectivity index (χ0v) is 9.08. The monoisotopic (exact) mass is 202 g/mol. The van der Waals surface area contributed by atoms with E-state index in [4.69, 9.17) is 0 Å². The summed E-state index contributed by atoms with van der Waals surface area (Å²) in [6, 6.07) is 5.79. The zero-order chi connectivity index (χ0) is 10.7. The Balaban J connectivity index is 2.28. The first-order valence-electron chi connectivity index (χ1n) is 5.76. The van der Waals surface area contributed by atoms with Crippen LogP contribution in [0.5, 0.6) is 5.75 Å². The molecule has 0 aromatic heterocycles. The van der Waals surface area contributed by atoms with Crippen LogP contribution in [-0.4, -0.2) is 5.11 Å². The van der Waals surface area contributed by atoms with Crippen molar-refractivity contribution >= 4 is 6.08 Å². The molecule has 0 saturated heterocycles. The van der Waals surface area contributed by atoms with Gasteiger partial charge in [0.15, 0.2) is 0 Å². The summed E-state index contributed by atoms with van der Waals surface area (Å²) in [6.45, 7) is 3.77. The van der Waals surface area contributed by atoms with Gasteiger partial charge in [0.2, 0.25) is 0 Å². The second kappa shape index (κ2) is 4.52. The van der Waals surface area contributed by atoms with Crippen molar-refractivity contribution in [3.05, 3.63) is 35.9 Å². The molecule has 1 aromatic carbocycles. The molecule has 80 valence electrons. The number of phenolic OH excluding ortho intramolecular Hbond substituents is 1. The van der Waals surface area contributed by atoms with Gasteiger partial charge in [-0.25, -0.2) is 0 Å². The van der Waals surface area contributed by atoms with Crippen molar-refractivity contribution in [2.45, 2.75) is 38.0 Å². The summed E-state index contributed by atoms with van der Waals surface area (Å²) < 4.78 is 0. The second-order valence-corrected chi connectivity index (χ2v) is 4.36. The van der Waals surface area contributed by atoms with Crippen LogP contribution in [0.3, 0.4) is 0 Å². The van der Waals surface area contributed by atoms with Crippen molar-refractivity contribution in [3.8, 4) is 5.75 Å². The largest absolute Gasteiger partial charge is 0.508 e. The fraction of sp³-hybridized carbons (Fsp3) is 0.429. The molecule has 1 nitrogen and oxygen atoms in total. The Morgan fingerprint density at radius 3 is 2.60 bits per heavy atom. The maximum absolute atomic E-state index is 9.85. The van der Waals surface area contributed by atoms with Crippen molar-refractivity contribution in [1.82, 2.24) is 0 Å². The molecule has 0 bridgehead atoms. The Morgan fingerprint density at radius 2 is 1.93 bits per heavy atom. The van der Waals surface area contributed by atoms with Gasteiger partial charge in [-0.2, -0.15) is 0 Å². The third-order valence-corrected chi connectivity index (χ3v) is 3.33. The number of aromatic hydroxyl groups is 1. The van der Waals surface area contributed by atoms with Crippen LogP contribution in [0.1, 0.15) is 49.1 Å². The smallest absolute Gasteiger partial charge is 0.119 e. The minimum Gasteiger partial charge on any atom is -0.508 e. The average molecular weight is 202 g/mol. The summed E-state index contributed by atoms with van der Waals surface area (Å²) in [5, 5.41) is 9.85. The summed E-state index contributed by atoms with van der Waals surface area (Å²) in [7, 11) is 0. The zero-order valence-electron chi connectivity index (χ0n) is 9.08. The van der Waals surface area contributed by atoms with Crippen LogP contribution in [-0.2, 0) is 0 Å². The molecule has 0 unspecified atom stereocenters. The van der Waals surface area contributed by atoms with Gasteiger partial charge < -0.3 is 5.11 Å². The van der Waals surface area contributed by atoms with Crippen molar-refractivity contribution in [3.63, 3.8) is 0 Å². The van der Waals surface area contributed by atoms with E-state index < -0.39 is 0 Å². The molecule has 1 aliphatic rings. The summed E-state index contributed by atoms with van der Waals surface area (Å²) in [5.74, 6) is 1.01. The van der Waals surface area contributed by atoms with Crippen molar-refractivity contribution < 1.29 is 5.11 Å². The van der Waals surface area contributed by atoms with E-state index in [1.54, 1.807) is 6.07 Å². The summed E-state index contributed by atoms with van der Waals surface area (Å²) in [6.07, 6.45) is 8.21. The number of hydrogen-bond acceptors (Lipinski definition) is 1. The first-order valence-corrected chi connectivity index (χ1v) is 5.76. The maximum atomic E-state index is 9.85. The fourth-order valence-corrected chi connectivity index (χ4v) is 2.44. The van der Waals surface area contributed by atoms with Gasteiger partial charge >= 0.3 is 0 Å². The first-order chi connectivity index (χ1) is 7.31. The van der Waals surface area contributed by atoms with E-state index >= 15 is 0 Å². The van der Waals surface area contributed by atoms with E-state index in [0.717, 1.165) is 11.1 Å². The minimum atomic E-state index is 0.451. The van der Waals surface area contributed by atoms with E-state index in [9.17, 15) is 5.11 Å². The number of benzene rings is 1. The van der Waals surface area contributed by atoms with Crippen LogP contribution in [0, 0.1) is 0 Å². The first kappa shape index (κ1) is 10.3. The molecule has 1 N–H and O–H groups in total. The summed E-state index contributed by atoms with van der Waals surface area (Å²) >= 11 is 0. The van der Waals surface area contributed by atoms with E-state index in [-0.39, 0.29) is 0 Å². The second-order valence-electron chi connectivity index (χ2n) is 4.36. The van der Waals surface area contributed by atoms with Crippen LogP contribution in [0.15, 0.2) is 24.8 Å². The lowest BCUT2D eigenvalue weighted by Crippen LogP contribution is -2.04. The molecule has 1 aromatic rings. The van der Waals surface area contributed by atoms with Crippen LogP contribution < -0.4 is 0 Å². The number of hydrogen-bond donors (Lipinski definition) is 1. The maximum Gasteiger partial charge on any atom is 0.119 e.